The zero-order valence-corrected chi connectivity index (χ0v) is 25.8. The number of amides is 1. The lowest BCUT2D eigenvalue weighted by molar-refractivity contribution is -0.180. The summed E-state index contributed by atoms with van der Waals surface area (Å²) in [5.74, 6) is -7.59. The molecule has 1 fully saturated rings. The van der Waals surface area contributed by atoms with Gasteiger partial charge in [0.05, 0.1) is 22.6 Å². The third kappa shape index (κ3) is 6.11. The third-order valence-corrected chi connectivity index (χ3v) is 8.86. The van der Waals surface area contributed by atoms with Crippen LogP contribution in [0.5, 0.6) is 0 Å². The lowest BCUT2D eigenvalue weighted by Gasteiger charge is -2.41. The first-order valence-corrected chi connectivity index (χ1v) is 15.0. The molecule has 5 aromatic rings. The van der Waals surface area contributed by atoms with Crippen molar-refractivity contribution in [1.29, 1.82) is 0 Å². The Hall–Kier alpha value is -5.47. The largest absolute Gasteiger partial charge is 0.480 e. The second kappa shape index (κ2) is 12.4. The van der Waals surface area contributed by atoms with Crippen molar-refractivity contribution in [2.24, 2.45) is 13.0 Å². The number of alkyl halides is 6. The van der Waals surface area contributed by atoms with Gasteiger partial charge in [-0.2, -0.15) is 26.3 Å². The van der Waals surface area contributed by atoms with Crippen LogP contribution in [-0.2, 0) is 24.4 Å². The lowest BCUT2D eigenvalue weighted by atomic mass is 9.90. The zero-order valence-electron chi connectivity index (χ0n) is 25.8. The van der Waals surface area contributed by atoms with Gasteiger partial charge in [-0.05, 0) is 40.1 Å². The van der Waals surface area contributed by atoms with E-state index in [1.807, 2.05) is 0 Å². The molecule has 6 rings (SSSR count). The van der Waals surface area contributed by atoms with Crippen LogP contribution in [0.3, 0.4) is 0 Å². The van der Waals surface area contributed by atoms with Crippen LogP contribution in [0, 0.1) is 17.6 Å². The fourth-order valence-corrected chi connectivity index (χ4v) is 6.32. The number of carboxylic acids is 1. The number of nitrogens with one attached hydrogen (secondary N) is 1. The van der Waals surface area contributed by atoms with E-state index in [1.165, 1.54) is 67.7 Å². The molecule has 1 aliphatic rings. The first-order chi connectivity index (χ1) is 23.5. The molecule has 1 amide bonds. The second-order valence-electron chi connectivity index (χ2n) is 11.9. The number of pyridine rings is 1. The summed E-state index contributed by atoms with van der Waals surface area (Å²) in [7, 11) is 1.35. The average Bonchev–Trinajstić information content (AvgIpc) is 3.00. The number of nitrogens with zero attached hydrogens (tertiary/aromatic N) is 2. The molecule has 7 nitrogen and oxygen atoms in total. The lowest BCUT2D eigenvalue weighted by Crippen LogP contribution is -2.53. The smallest absolute Gasteiger partial charge is 0.417 e. The Kier molecular flexibility index (Phi) is 8.56. The van der Waals surface area contributed by atoms with Gasteiger partial charge < -0.3 is 19.9 Å². The highest BCUT2D eigenvalue weighted by atomic mass is 19.4. The summed E-state index contributed by atoms with van der Waals surface area (Å²) in [5.41, 5.74) is -3.86. The van der Waals surface area contributed by atoms with Crippen LogP contribution in [0.4, 0.5) is 40.8 Å². The van der Waals surface area contributed by atoms with Crippen molar-refractivity contribution in [2.45, 2.75) is 24.8 Å². The van der Waals surface area contributed by atoms with Gasteiger partial charge in [0, 0.05) is 37.6 Å². The van der Waals surface area contributed by atoms with Gasteiger partial charge >= 0.3 is 18.3 Å². The molecule has 0 saturated carbocycles. The van der Waals surface area contributed by atoms with Gasteiger partial charge in [0.15, 0.2) is 0 Å². The Balaban J connectivity index is 1.34. The molecule has 0 spiro atoms. The average molecular weight is 704 g/mol. The third-order valence-electron chi connectivity index (χ3n) is 8.86. The number of carboxylic acid groups (broad SMARTS) is 1. The van der Waals surface area contributed by atoms with Gasteiger partial charge in [-0.3, -0.25) is 9.59 Å². The van der Waals surface area contributed by atoms with Crippen LogP contribution in [0.2, 0.25) is 0 Å². The van der Waals surface area contributed by atoms with E-state index in [2.05, 4.69) is 5.32 Å². The van der Waals surface area contributed by atoms with E-state index >= 15 is 0 Å². The minimum absolute atomic E-state index is 0.0627. The standard InChI is InChI=1S/C35H25F8N3O4/c1-45-27-11-3-2-7-23(27)30(35(41,42)43)28(32(45)48)22-10-5-8-20-17(6-4-9-21(20)22)12-26(33(49)50)44-31(47)29-24(36)13-19(14-25(29)37)46-15-18(16-46)34(38,39)40/h2-11,13-14,18,26H,12,15-16H2,1H3,(H,44,47)(H,49,50)/t26-/m0/s1. The highest BCUT2D eigenvalue weighted by molar-refractivity contribution is 6.02. The number of para-hydroxylation sites is 1. The SMILES string of the molecule is Cn1c(=O)c(-c2cccc3c(C[C@H](NC(=O)c4c(F)cc(N5CC(C(F)(F)F)C5)cc4F)C(=O)O)cccc23)c(C(F)(F)F)c2ccccc21. The molecule has 0 bridgehead atoms. The van der Waals surface area contributed by atoms with Crippen molar-refractivity contribution < 1.29 is 49.8 Å². The molecule has 4 aromatic carbocycles. The van der Waals surface area contributed by atoms with Crippen LogP contribution in [0.1, 0.15) is 21.5 Å². The summed E-state index contributed by atoms with van der Waals surface area (Å²) in [6, 6.07) is 13.7. The van der Waals surface area contributed by atoms with E-state index < -0.39 is 89.6 Å². The minimum Gasteiger partial charge on any atom is -0.480 e. The Bertz CT molecular complexity index is 2220. The number of anilines is 1. The first-order valence-electron chi connectivity index (χ1n) is 15.0. The quantitative estimate of drug-likeness (QED) is 0.177. The number of aliphatic carboxylic acids is 1. The van der Waals surface area contributed by atoms with Crippen LogP contribution in [0.25, 0.3) is 32.8 Å². The maximum Gasteiger partial charge on any atom is 0.417 e. The number of aromatic nitrogens is 1. The summed E-state index contributed by atoms with van der Waals surface area (Å²) in [6.45, 7) is -1.07. The van der Waals surface area contributed by atoms with Crippen molar-refractivity contribution in [3.63, 3.8) is 0 Å². The second-order valence-corrected chi connectivity index (χ2v) is 11.9. The van der Waals surface area contributed by atoms with Crippen molar-refractivity contribution in [2.75, 3.05) is 18.0 Å². The number of aryl methyl sites for hydroxylation is 1. The zero-order chi connectivity index (χ0) is 36.3. The monoisotopic (exact) mass is 703 g/mol. The van der Waals surface area contributed by atoms with Gasteiger partial charge in [0.2, 0.25) is 0 Å². The topological polar surface area (TPSA) is 91.6 Å². The maximum atomic E-state index is 15.0. The molecule has 50 heavy (non-hydrogen) atoms. The summed E-state index contributed by atoms with van der Waals surface area (Å²) in [6.07, 6.45) is -9.91. The molecule has 1 saturated heterocycles. The Morgan fingerprint density at radius 1 is 0.880 bits per heavy atom. The number of carbonyl (C=O) groups is 2. The molecule has 1 aliphatic heterocycles. The normalized spacial score (nSPS) is 14.5. The van der Waals surface area contributed by atoms with Crippen LogP contribution in [-0.4, -0.2) is 46.9 Å². The summed E-state index contributed by atoms with van der Waals surface area (Å²) >= 11 is 0. The number of hydrogen-bond donors (Lipinski definition) is 2. The van der Waals surface area contributed by atoms with Gasteiger partial charge in [-0.25, -0.2) is 13.6 Å². The number of benzene rings is 4. The molecule has 1 aromatic heterocycles. The molecule has 0 unspecified atom stereocenters. The fraction of sp³-hybridized carbons (Fsp3) is 0.229. The van der Waals surface area contributed by atoms with E-state index in [-0.39, 0.29) is 38.5 Å². The van der Waals surface area contributed by atoms with Crippen LogP contribution >= 0.6 is 0 Å². The number of halogens is 8. The van der Waals surface area contributed by atoms with Gasteiger partial charge in [-0.1, -0.05) is 54.6 Å². The molecule has 0 aliphatic carbocycles. The van der Waals surface area contributed by atoms with E-state index in [1.54, 1.807) is 0 Å². The van der Waals surface area contributed by atoms with E-state index in [4.69, 9.17) is 0 Å². The molecular weight excluding hydrogens is 678 g/mol. The molecule has 2 N–H and O–H groups in total. The van der Waals surface area contributed by atoms with Crippen LogP contribution < -0.4 is 15.8 Å². The van der Waals surface area contributed by atoms with Crippen molar-refractivity contribution >= 4 is 39.2 Å². The minimum atomic E-state index is -4.94. The summed E-state index contributed by atoms with van der Waals surface area (Å²) < 4.78 is 113. The predicted molar refractivity (Wildman–Crippen MR) is 168 cm³/mol. The molecular formula is C35H25F8N3O4. The first kappa shape index (κ1) is 34.4. The van der Waals surface area contributed by atoms with Crippen molar-refractivity contribution in [1.82, 2.24) is 9.88 Å². The van der Waals surface area contributed by atoms with Gasteiger partial charge in [0.1, 0.15) is 23.2 Å². The highest BCUT2D eigenvalue weighted by Crippen LogP contribution is 2.42. The number of hydrogen-bond acceptors (Lipinski definition) is 4. The highest BCUT2D eigenvalue weighted by Gasteiger charge is 2.47. The van der Waals surface area contributed by atoms with Crippen molar-refractivity contribution in [3.05, 3.63) is 111 Å². The summed E-state index contributed by atoms with van der Waals surface area (Å²) in [4.78, 5) is 39.8. The Morgan fingerprint density at radius 3 is 2.10 bits per heavy atom. The van der Waals surface area contributed by atoms with E-state index in [9.17, 15) is 54.6 Å². The molecule has 0 radical (unpaired) electrons. The van der Waals surface area contributed by atoms with E-state index in [0.717, 1.165) is 9.47 Å². The maximum absolute atomic E-state index is 15.0. The Labute approximate surface area is 277 Å². The van der Waals surface area contributed by atoms with Crippen LogP contribution in [0.15, 0.2) is 77.6 Å². The van der Waals surface area contributed by atoms with Gasteiger partial charge in [-0.15, -0.1) is 0 Å². The van der Waals surface area contributed by atoms with Gasteiger partial charge in [0.25, 0.3) is 11.5 Å². The number of rotatable bonds is 7. The molecule has 260 valence electrons. The number of fused-ring (bicyclic) bond motifs is 2. The fourth-order valence-electron chi connectivity index (χ4n) is 6.32. The Morgan fingerprint density at radius 2 is 1.48 bits per heavy atom. The number of carbonyl (C=O) groups excluding carboxylic acids is 1. The van der Waals surface area contributed by atoms with Crippen molar-refractivity contribution in [3.8, 4) is 11.1 Å². The molecule has 15 heteroatoms. The molecule has 2 heterocycles. The molecule has 1 atom stereocenters. The van der Waals surface area contributed by atoms with E-state index in [0.29, 0.717) is 12.1 Å². The predicted octanol–water partition coefficient (Wildman–Crippen LogP) is 7.08. The summed E-state index contributed by atoms with van der Waals surface area (Å²) in [5, 5.41) is 12.2.